The summed E-state index contributed by atoms with van der Waals surface area (Å²) in [7, 11) is 1.53. The summed E-state index contributed by atoms with van der Waals surface area (Å²) in [4.78, 5) is 21.9. The number of ether oxygens (including phenoxy) is 2. The van der Waals surface area contributed by atoms with E-state index in [1.807, 2.05) is 0 Å². The van der Waals surface area contributed by atoms with Crippen molar-refractivity contribution in [1.82, 2.24) is 0 Å². The van der Waals surface area contributed by atoms with Gasteiger partial charge in [-0.1, -0.05) is 12.1 Å². The summed E-state index contributed by atoms with van der Waals surface area (Å²) < 4.78 is 9.78. The maximum absolute atomic E-state index is 11.1. The number of rotatable bonds is 4. The van der Waals surface area contributed by atoms with Crippen LogP contribution in [0.25, 0.3) is 0 Å². The molecule has 0 aliphatic rings. The van der Waals surface area contributed by atoms with E-state index in [1.54, 1.807) is 24.3 Å². The highest BCUT2D eigenvalue weighted by Crippen LogP contribution is 2.20. The highest BCUT2D eigenvalue weighted by atomic mass is 16.5. The van der Waals surface area contributed by atoms with Crippen molar-refractivity contribution >= 4 is 11.9 Å². The number of methoxy groups -OCH3 is 1. The molecule has 1 aromatic rings. The Morgan fingerprint density at radius 2 is 1.81 bits per heavy atom. The molecular formula is C11H13NO4. The molecular weight excluding hydrogens is 210 g/mol. The lowest BCUT2D eigenvalue weighted by Crippen LogP contribution is -2.25. The molecule has 0 saturated carbocycles. The van der Waals surface area contributed by atoms with Crippen LogP contribution in [-0.4, -0.2) is 19.0 Å². The Bertz CT molecular complexity index is 385. The molecule has 86 valence electrons. The van der Waals surface area contributed by atoms with Gasteiger partial charge in [0.2, 0.25) is 6.10 Å². The zero-order chi connectivity index (χ0) is 12.1. The molecule has 5 nitrogen and oxygen atoms in total. The zero-order valence-electron chi connectivity index (χ0n) is 9.10. The van der Waals surface area contributed by atoms with Crippen molar-refractivity contribution in [3.05, 3.63) is 29.8 Å². The topological polar surface area (TPSA) is 78.6 Å². The second kappa shape index (κ2) is 5.16. The third-order valence-electron chi connectivity index (χ3n) is 1.96. The molecule has 1 amide bonds. The van der Waals surface area contributed by atoms with Crippen LogP contribution < -0.4 is 10.5 Å². The highest BCUT2D eigenvalue weighted by Gasteiger charge is 2.20. The van der Waals surface area contributed by atoms with E-state index in [1.165, 1.54) is 14.0 Å². The van der Waals surface area contributed by atoms with E-state index >= 15 is 0 Å². The number of hydrogen-bond donors (Lipinski definition) is 1. The van der Waals surface area contributed by atoms with Crippen LogP contribution in [0.2, 0.25) is 0 Å². The Labute approximate surface area is 93.1 Å². The first-order chi connectivity index (χ1) is 7.54. The van der Waals surface area contributed by atoms with Crippen molar-refractivity contribution in [1.29, 1.82) is 0 Å². The van der Waals surface area contributed by atoms with Crippen LogP contribution in [0.15, 0.2) is 24.3 Å². The first kappa shape index (κ1) is 12.0. The Balaban J connectivity index is 2.92. The largest absolute Gasteiger partial charge is 0.497 e. The lowest BCUT2D eigenvalue weighted by Gasteiger charge is -2.13. The summed E-state index contributed by atoms with van der Waals surface area (Å²) in [5.41, 5.74) is 5.66. The summed E-state index contributed by atoms with van der Waals surface area (Å²) in [6.07, 6.45) is -1.05. The average Bonchev–Trinajstić information content (AvgIpc) is 2.25. The van der Waals surface area contributed by atoms with Gasteiger partial charge in [-0.25, -0.2) is 0 Å². The fourth-order valence-electron chi connectivity index (χ4n) is 1.24. The highest BCUT2D eigenvalue weighted by molar-refractivity contribution is 5.83. The SMILES string of the molecule is COc1ccc([C@@H](OC(C)=O)C(N)=O)cc1. The molecule has 0 heterocycles. The van der Waals surface area contributed by atoms with E-state index in [0.717, 1.165) is 0 Å². The number of primary amides is 1. The van der Waals surface area contributed by atoms with E-state index in [4.69, 9.17) is 15.2 Å². The van der Waals surface area contributed by atoms with Gasteiger partial charge >= 0.3 is 5.97 Å². The third-order valence-corrected chi connectivity index (χ3v) is 1.96. The van der Waals surface area contributed by atoms with E-state index in [-0.39, 0.29) is 0 Å². The Hall–Kier alpha value is -2.04. The minimum atomic E-state index is -1.05. The number of carbonyl (C=O) groups is 2. The number of hydrogen-bond acceptors (Lipinski definition) is 4. The zero-order valence-corrected chi connectivity index (χ0v) is 9.10. The van der Waals surface area contributed by atoms with Gasteiger partial charge in [0, 0.05) is 12.5 Å². The van der Waals surface area contributed by atoms with Gasteiger partial charge in [-0.2, -0.15) is 0 Å². The van der Waals surface area contributed by atoms with Crippen molar-refractivity contribution in [3.8, 4) is 5.75 Å². The van der Waals surface area contributed by atoms with E-state index < -0.39 is 18.0 Å². The maximum Gasteiger partial charge on any atom is 0.303 e. The fraction of sp³-hybridized carbons (Fsp3) is 0.273. The van der Waals surface area contributed by atoms with Crippen LogP contribution in [0.5, 0.6) is 5.75 Å². The van der Waals surface area contributed by atoms with Crippen LogP contribution in [0.3, 0.4) is 0 Å². The van der Waals surface area contributed by atoms with Crippen LogP contribution in [0.4, 0.5) is 0 Å². The van der Waals surface area contributed by atoms with Crippen LogP contribution >= 0.6 is 0 Å². The van der Waals surface area contributed by atoms with Gasteiger partial charge < -0.3 is 15.2 Å². The van der Waals surface area contributed by atoms with Crippen molar-refractivity contribution in [2.75, 3.05) is 7.11 Å². The van der Waals surface area contributed by atoms with Crippen molar-refractivity contribution < 1.29 is 19.1 Å². The minimum Gasteiger partial charge on any atom is -0.497 e. The lowest BCUT2D eigenvalue weighted by atomic mass is 10.1. The first-order valence-electron chi connectivity index (χ1n) is 4.65. The molecule has 16 heavy (non-hydrogen) atoms. The second-order valence-corrected chi connectivity index (χ2v) is 3.17. The Kier molecular flexibility index (Phi) is 3.88. The van der Waals surface area contributed by atoms with Crippen molar-refractivity contribution in [3.63, 3.8) is 0 Å². The average molecular weight is 223 g/mol. The van der Waals surface area contributed by atoms with E-state index in [9.17, 15) is 9.59 Å². The predicted molar refractivity (Wildman–Crippen MR) is 56.7 cm³/mol. The lowest BCUT2D eigenvalue weighted by molar-refractivity contribution is -0.153. The summed E-state index contributed by atoms with van der Waals surface area (Å²) in [5, 5.41) is 0. The number of benzene rings is 1. The molecule has 2 N–H and O–H groups in total. The molecule has 0 aliphatic heterocycles. The van der Waals surface area contributed by atoms with Gasteiger partial charge in [-0.3, -0.25) is 9.59 Å². The molecule has 0 bridgehead atoms. The molecule has 0 radical (unpaired) electrons. The van der Waals surface area contributed by atoms with Gasteiger partial charge in [0.1, 0.15) is 5.75 Å². The maximum atomic E-state index is 11.1. The molecule has 5 heteroatoms. The van der Waals surface area contributed by atoms with Gasteiger partial charge in [0.15, 0.2) is 0 Å². The van der Waals surface area contributed by atoms with Crippen LogP contribution in [0.1, 0.15) is 18.6 Å². The number of nitrogens with two attached hydrogens (primary N) is 1. The normalized spacial score (nSPS) is 11.6. The molecule has 0 fully saturated rings. The minimum absolute atomic E-state index is 0.517. The summed E-state index contributed by atoms with van der Waals surface area (Å²) in [5.74, 6) is -0.616. The van der Waals surface area contributed by atoms with Crippen LogP contribution in [0, 0.1) is 0 Å². The monoisotopic (exact) mass is 223 g/mol. The van der Waals surface area contributed by atoms with Gasteiger partial charge in [0.05, 0.1) is 7.11 Å². The molecule has 0 saturated heterocycles. The smallest absolute Gasteiger partial charge is 0.303 e. The number of esters is 1. The van der Waals surface area contributed by atoms with E-state index in [2.05, 4.69) is 0 Å². The molecule has 0 unspecified atom stereocenters. The second-order valence-electron chi connectivity index (χ2n) is 3.17. The number of amides is 1. The molecule has 1 rings (SSSR count). The van der Waals surface area contributed by atoms with E-state index in [0.29, 0.717) is 11.3 Å². The standard InChI is InChI=1S/C11H13NO4/c1-7(13)16-10(11(12)14)8-3-5-9(15-2)6-4-8/h3-6,10H,1-2H3,(H2,12,14)/t10-/m1/s1. The third kappa shape index (κ3) is 2.98. The summed E-state index contributed by atoms with van der Waals surface area (Å²) >= 11 is 0. The molecule has 0 aliphatic carbocycles. The quantitative estimate of drug-likeness (QED) is 0.765. The van der Waals surface area contributed by atoms with Gasteiger partial charge in [0.25, 0.3) is 5.91 Å². The molecule has 0 aromatic heterocycles. The number of carbonyl (C=O) groups excluding carboxylic acids is 2. The Morgan fingerprint density at radius 1 is 1.25 bits per heavy atom. The molecule has 1 aromatic carbocycles. The summed E-state index contributed by atoms with van der Waals surface area (Å²) in [6.45, 7) is 1.22. The fourth-order valence-corrected chi connectivity index (χ4v) is 1.24. The first-order valence-corrected chi connectivity index (χ1v) is 4.65. The predicted octanol–water partition coefficient (Wildman–Crippen LogP) is 0.785. The van der Waals surface area contributed by atoms with Crippen molar-refractivity contribution in [2.45, 2.75) is 13.0 Å². The Morgan fingerprint density at radius 3 is 2.19 bits per heavy atom. The van der Waals surface area contributed by atoms with Crippen LogP contribution in [-0.2, 0) is 14.3 Å². The summed E-state index contributed by atoms with van der Waals surface area (Å²) in [6, 6.07) is 6.57. The molecule has 0 spiro atoms. The van der Waals surface area contributed by atoms with Gasteiger partial charge in [-0.15, -0.1) is 0 Å². The molecule has 1 atom stereocenters. The van der Waals surface area contributed by atoms with Gasteiger partial charge in [-0.05, 0) is 12.1 Å². The van der Waals surface area contributed by atoms with Crippen molar-refractivity contribution in [2.24, 2.45) is 5.73 Å².